The number of ether oxygens (including phenoxy) is 5. The lowest BCUT2D eigenvalue weighted by molar-refractivity contribution is -0.306. The number of aromatic hydroxyl groups is 2. The van der Waals surface area contributed by atoms with Crippen molar-refractivity contribution in [2.75, 3.05) is 26.7 Å². The molecule has 13 heteroatoms. The van der Waals surface area contributed by atoms with Gasteiger partial charge >= 0.3 is 0 Å². The lowest BCUT2D eigenvalue weighted by Crippen LogP contribution is -2.61. The van der Waals surface area contributed by atoms with Crippen molar-refractivity contribution in [3.05, 3.63) is 51.6 Å². The number of aliphatic hydroxyl groups is 2. The average Bonchev–Trinajstić information content (AvgIpc) is 2.96. The minimum Gasteiger partial charge on any atom is -0.507 e. The number of methoxy groups -OCH3 is 3. The van der Waals surface area contributed by atoms with Crippen molar-refractivity contribution < 1.29 is 53.7 Å². The van der Waals surface area contributed by atoms with Gasteiger partial charge in [-0.15, -0.1) is 0 Å². The van der Waals surface area contributed by atoms with E-state index in [4.69, 9.17) is 29.4 Å². The van der Waals surface area contributed by atoms with Crippen molar-refractivity contribution in [2.45, 2.75) is 68.2 Å². The summed E-state index contributed by atoms with van der Waals surface area (Å²) >= 11 is 3.34. The molecular weight excluding hydrogens is 618 g/mol. The van der Waals surface area contributed by atoms with Gasteiger partial charge in [-0.1, -0.05) is 28.1 Å². The Morgan fingerprint density at radius 3 is 2.36 bits per heavy atom. The summed E-state index contributed by atoms with van der Waals surface area (Å²) in [6.07, 6.45) is -4.33. The molecule has 5 rings (SSSR count). The van der Waals surface area contributed by atoms with E-state index in [9.17, 15) is 30.0 Å². The van der Waals surface area contributed by atoms with Crippen LogP contribution in [0.3, 0.4) is 0 Å². The van der Waals surface area contributed by atoms with Crippen molar-refractivity contribution >= 4 is 27.5 Å². The Morgan fingerprint density at radius 1 is 1.10 bits per heavy atom. The number of carbonyl (C=O) groups is 2. The van der Waals surface area contributed by atoms with E-state index in [-0.39, 0.29) is 52.6 Å². The number of hydrogen-bond donors (Lipinski definition) is 5. The van der Waals surface area contributed by atoms with Gasteiger partial charge in [0.1, 0.15) is 22.8 Å². The van der Waals surface area contributed by atoms with Crippen LogP contribution in [0.2, 0.25) is 0 Å². The molecule has 2 aromatic carbocycles. The van der Waals surface area contributed by atoms with Gasteiger partial charge in [-0.2, -0.15) is 0 Å². The molecule has 1 heterocycles. The van der Waals surface area contributed by atoms with E-state index in [0.29, 0.717) is 0 Å². The highest BCUT2D eigenvalue weighted by Gasteiger charge is 2.57. The van der Waals surface area contributed by atoms with Crippen LogP contribution in [-0.4, -0.2) is 94.6 Å². The Morgan fingerprint density at radius 2 is 1.76 bits per heavy atom. The molecule has 0 aromatic heterocycles. The van der Waals surface area contributed by atoms with Gasteiger partial charge in [0.25, 0.3) is 0 Å². The summed E-state index contributed by atoms with van der Waals surface area (Å²) in [6, 6.07) is 3.81. The van der Waals surface area contributed by atoms with Gasteiger partial charge in [0.15, 0.2) is 12.1 Å². The number of hydrogen-bond acceptors (Lipinski definition) is 12. The molecule has 6 N–H and O–H groups in total. The maximum Gasteiger partial charge on any atom is 0.207 e. The highest BCUT2D eigenvalue weighted by atomic mass is 79.9. The van der Waals surface area contributed by atoms with Gasteiger partial charge in [-0.3, -0.25) is 9.59 Å². The molecule has 6 atom stereocenters. The van der Waals surface area contributed by atoms with E-state index in [1.807, 2.05) is 0 Å². The number of phenols is 2. The summed E-state index contributed by atoms with van der Waals surface area (Å²) in [6.45, 7) is 1.63. The second kappa shape index (κ2) is 11.1. The first-order chi connectivity index (χ1) is 19.9. The maximum absolute atomic E-state index is 13.8. The Bertz CT molecular complexity index is 1410. The summed E-state index contributed by atoms with van der Waals surface area (Å²) in [5.41, 5.74) is 3.36. The van der Waals surface area contributed by atoms with Crippen LogP contribution < -0.4 is 10.5 Å². The number of benzene rings is 2. The Kier molecular flexibility index (Phi) is 8.18. The Labute approximate surface area is 250 Å². The molecule has 3 aliphatic rings. The second-order valence-electron chi connectivity index (χ2n) is 10.9. The number of rotatable bonds is 7. The summed E-state index contributed by atoms with van der Waals surface area (Å²) in [4.78, 5) is 27.5. The predicted octanol–water partition coefficient (Wildman–Crippen LogP) is 1.82. The van der Waals surface area contributed by atoms with E-state index < -0.39 is 76.2 Å². The third-order valence-corrected chi connectivity index (χ3v) is 9.43. The smallest absolute Gasteiger partial charge is 0.207 e. The topological polar surface area (TPSA) is 187 Å². The van der Waals surface area contributed by atoms with Gasteiger partial charge in [0.05, 0.1) is 47.4 Å². The van der Waals surface area contributed by atoms with E-state index in [0.717, 1.165) is 0 Å². The monoisotopic (exact) mass is 651 g/mol. The number of nitrogens with two attached hydrogens (primary N) is 1. The van der Waals surface area contributed by atoms with Gasteiger partial charge < -0.3 is 49.8 Å². The third kappa shape index (κ3) is 4.46. The minimum atomic E-state index is -1.89. The van der Waals surface area contributed by atoms with E-state index in [1.54, 1.807) is 13.0 Å². The fraction of sp³-hybridized carbons (Fsp3) is 0.517. The van der Waals surface area contributed by atoms with E-state index in [1.165, 1.54) is 33.5 Å². The molecule has 2 aromatic rings. The largest absolute Gasteiger partial charge is 0.507 e. The molecule has 1 saturated heterocycles. The van der Waals surface area contributed by atoms with E-state index in [2.05, 4.69) is 15.9 Å². The Hall–Kier alpha value is -2.62. The molecule has 0 saturated carbocycles. The van der Waals surface area contributed by atoms with Crippen molar-refractivity contribution in [3.63, 3.8) is 0 Å². The molecule has 2 aliphatic carbocycles. The molecule has 1 fully saturated rings. The molecular formula is C29H34BrNO11. The number of fused-ring (bicyclic) bond motifs is 3. The first-order valence-electron chi connectivity index (χ1n) is 13.4. The Balaban J connectivity index is 1.72. The number of phenolic OH excluding ortho intramolecular Hbond substituents is 2. The quantitative estimate of drug-likeness (QED) is 0.142. The summed E-state index contributed by atoms with van der Waals surface area (Å²) in [5, 5.41) is 45.7. The van der Waals surface area contributed by atoms with Crippen molar-refractivity contribution in [3.8, 4) is 17.2 Å². The number of aliphatic hydroxyl groups excluding tert-OH is 1. The number of halogens is 1. The summed E-state index contributed by atoms with van der Waals surface area (Å²) in [5.74, 6) is -4.10. The van der Waals surface area contributed by atoms with Crippen LogP contribution in [0.15, 0.2) is 18.2 Å². The van der Waals surface area contributed by atoms with E-state index >= 15 is 0 Å². The number of alkyl halides is 1. The first kappa shape index (κ1) is 30.8. The van der Waals surface area contributed by atoms with Crippen LogP contribution in [0.1, 0.15) is 68.8 Å². The second-order valence-corrected chi connectivity index (χ2v) is 11.4. The highest BCUT2D eigenvalue weighted by molar-refractivity contribution is 9.09. The fourth-order valence-corrected chi connectivity index (χ4v) is 7.36. The molecule has 1 aliphatic heterocycles. The van der Waals surface area contributed by atoms with Crippen LogP contribution in [-0.2, 0) is 25.4 Å². The zero-order valence-corrected chi connectivity index (χ0v) is 25.1. The number of ketones is 2. The number of carbonyl (C=O) groups excluding carboxylic acids is 2. The standard InChI is InChI=1S/C29H34BrNO11/c1-12-23(32)15(31)8-18(41-12)42-17-10-28(37,29(11-30,39-3)40-4)9-14-20(17)27(36)22-21(25(14)34)24(33)13-6-5-7-16(38-2)19(13)26(22)35/h5-7,12,15,17-18,23,32,34,36-37H,8-11,31H2,1-4H3. The lowest BCUT2D eigenvalue weighted by atomic mass is 9.70. The molecule has 0 radical (unpaired) electrons. The summed E-state index contributed by atoms with van der Waals surface area (Å²) in [7, 11) is 4.04. The molecule has 42 heavy (non-hydrogen) atoms. The molecule has 228 valence electrons. The van der Waals surface area contributed by atoms with Crippen molar-refractivity contribution in [2.24, 2.45) is 5.73 Å². The van der Waals surface area contributed by atoms with Crippen LogP contribution in [0.5, 0.6) is 17.2 Å². The van der Waals surface area contributed by atoms with Gasteiger partial charge in [-0.25, -0.2) is 0 Å². The first-order valence-corrected chi connectivity index (χ1v) is 14.5. The average molecular weight is 652 g/mol. The van der Waals surface area contributed by atoms with Crippen molar-refractivity contribution in [1.29, 1.82) is 0 Å². The molecule has 0 spiro atoms. The maximum atomic E-state index is 13.8. The van der Waals surface area contributed by atoms with Crippen LogP contribution in [0.4, 0.5) is 0 Å². The fourth-order valence-electron chi connectivity index (χ4n) is 6.38. The SMILES string of the molecule is COc1cccc2c1C(=O)c1c(O)c3c(c(O)c1C2=O)CC(O)(C(CBr)(OC)OC)CC3OC1CC(N)C(O)C(C)O1. The van der Waals surface area contributed by atoms with Gasteiger partial charge in [-0.05, 0) is 13.0 Å². The van der Waals surface area contributed by atoms with Gasteiger partial charge in [0.2, 0.25) is 11.6 Å². The highest BCUT2D eigenvalue weighted by Crippen LogP contribution is 2.54. The van der Waals surface area contributed by atoms with Gasteiger partial charge in [0, 0.05) is 56.2 Å². The van der Waals surface area contributed by atoms with Crippen LogP contribution in [0.25, 0.3) is 0 Å². The molecule has 0 bridgehead atoms. The lowest BCUT2D eigenvalue weighted by Gasteiger charge is -2.49. The summed E-state index contributed by atoms with van der Waals surface area (Å²) < 4.78 is 28.7. The van der Waals surface area contributed by atoms with Crippen molar-refractivity contribution in [1.82, 2.24) is 0 Å². The molecule has 6 unspecified atom stereocenters. The third-order valence-electron chi connectivity index (χ3n) is 8.69. The zero-order valence-electron chi connectivity index (χ0n) is 23.5. The van der Waals surface area contributed by atoms with Crippen LogP contribution >= 0.6 is 15.9 Å². The molecule has 12 nitrogen and oxygen atoms in total. The predicted molar refractivity (Wildman–Crippen MR) is 150 cm³/mol. The zero-order chi connectivity index (χ0) is 30.7. The minimum absolute atomic E-state index is 0.00102. The normalized spacial score (nSPS) is 29.1. The molecule has 0 amide bonds. The van der Waals surface area contributed by atoms with Crippen LogP contribution in [0, 0.1) is 0 Å².